The van der Waals surface area contributed by atoms with Crippen LogP contribution in [0.15, 0.2) is 36.7 Å². The van der Waals surface area contributed by atoms with Crippen molar-refractivity contribution in [2.75, 3.05) is 26.2 Å². The Labute approximate surface area is 176 Å². The highest BCUT2D eigenvalue weighted by Crippen LogP contribution is 2.28. The third-order valence-electron chi connectivity index (χ3n) is 4.85. The summed E-state index contributed by atoms with van der Waals surface area (Å²) >= 11 is 0. The molecule has 11 heteroatoms. The van der Waals surface area contributed by atoms with Crippen LogP contribution in [0.5, 0.6) is 11.5 Å². The van der Waals surface area contributed by atoms with Crippen LogP contribution in [0.3, 0.4) is 0 Å². The van der Waals surface area contributed by atoms with E-state index in [2.05, 4.69) is 9.72 Å². The maximum Gasteiger partial charge on any atom is 0.573 e. The molecule has 0 unspecified atom stereocenters. The molecular weight excluding hydrogens is 417 g/mol. The van der Waals surface area contributed by atoms with Gasteiger partial charge >= 0.3 is 12.5 Å². The van der Waals surface area contributed by atoms with E-state index in [4.69, 9.17) is 10.5 Å². The minimum absolute atomic E-state index is 0.112. The van der Waals surface area contributed by atoms with Gasteiger partial charge in [0.15, 0.2) is 5.75 Å². The van der Waals surface area contributed by atoms with E-state index < -0.39 is 18.4 Å². The zero-order valence-electron chi connectivity index (χ0n) is 16.7. The van der Waals surface area contributed by atoms with Crippen molar-refractivity contribution in [2.45, 2.75) is 19.8 Å². The van der Waals surface area contributed by atoms with Crippen LogP contribution in [0.1, 0.15) is 21.5 Å². The lowest BCUT2D eigenvalue weighted by molar-refractivity contribution is -0.274. The fraction of sp³-hybridized carbons (Fsp3) is 0.350. The molecule has 2 aromatic rings. The van der Waals surface area contributed by atoms with Crippen LogP contribution in [-0.2, 0) is 6.54 Å². The van der Waals surface area contributed by atoms with Crippen molar-refractivity contribution in [3.63, 3.8) is 0 Å². The third-order valence-corrected chi connectivity index (χ3v) is 4.85. The van der Waals surface area contributed by atoms with E-state index in [0.717, 1.165) is 0 Å². The molecule has 1 aromatic carbocycles. The number of halogens is 3. The lowest BCUT2D eigenvalue weighted by Gasteiger charge is -2.34. The van der Waals surface area contributed by atoms with Gasteiger partial charge in [0.05, 0.1) is 11.8 Å². The summed E-state index contributed by atoms with van der Waals surface area (Å²) in [5, 5.41) is 0. The molecule has 0 spiro atoms. The Balaban J connectivity index is 1.55. The SMILES string of the molecule is Cc1c(CN2CCN(C(=O)Oc3cncc(C(N)=O)c3)CC2)cccc1OC(F)(F)F. The van der Waals surface area contributed by atoms with E-state index in [-0.39, 0.29) is 17.1 Å². The molecule has 1 aliphatic rings. The molecule has 1 fully saturated rings. The van der Waals surface area contributed by atoms with E-state index in [0.29, 0.717) is 43.9 Å². The molecule has 2 heterocycles. The highest BCUT2D eigenvalue weighted by molar-refractivity contribution is 5.92. The van der Waals surface area contributed by atoms with Gasteiger partial charge in [-0.3, -0.25) is 14.7 Å². The van der Waals surface area contributed by atoms with Gasteiger partial charge in [-0.05, 0) is 30.2 Å². The number of nitrogens with two attached hydrogens (primary N) is 1. The van der Waals surface area contributed by atoms with Gasteiger partial charge in [-0.2, -0.15) is 0 Å². The molecule has 1 saturated heterocycles. The average Bonchev–Trinajstić information content (AvgIpc) is 2.70. The summed E-state index contributed by atoms with van der Waals surface area (Å²) in [5.41, 5.74) is 6.45. The van der Waals surface area contributed by atoms with Crippen molar-refractivity contribution in [3.05, 3.63) is 53.3 Å². The van der Waals surface area contributed by atoms with Crippen LogP contribution in [0.4, 0.5) is 18.0 Å². The molecule has 0 saturated carbocycles. The predicted molar refractivity (Wildman–Crippen MR) is 103 cm³/mol. The minimum atomic E-state index is -4.75. The van der Waals surface area contributed by atoms with Gasteiger partial charge in [0.25, 0.3) is 0 Å². The van der Waals surface area contributed by atoms with Crippen LogP contribution >= 0.6 is 0 Å². The number of ether oxygens (including phenoxy) is 2. The van der Waals surface area contributed by atoms with Crippen molar-refractivity contribution < 1.29 is 32.2 Å². The van der Waals surface area contributed by atoms with Crippen LogP contribution in [-0.4, -0.2) is 59.3 Å². The topological polar surface area (TPSA) is 98.0 Å². The van der Waals surface area contributed by atoms with Gasteiger partial charge in [0, 0.05) is 38.9 Å². The summed E-state index contributed by atoms with van der Waals surface area (Å²) in [5.74, 6) is -0.793. The van der Waals surface area contributed by atoms with Crippen molar-refractivity contribution in [2.24, 2.45) is 5.73 Å². The Morgan fingerprint density at radius 3 is 2.52 bits per heavy atom. The molecule has 3 rings (SSSR count). The molecule has 0 atom stereocenters. The second-order valence-electron chi connectivity index (χ2n) is 6.99. The Morgan fingerprint density at radius 2 is 1.87 bits per heavy atom. The largest absolute Gasteiger partial charge is 0.573 e. The highest BCUT2D eigenvalue weighted by atomic mass is 19.4. The first-order valence-electron chi connectivity index (χ1n) is 9.40. The zero-order valence-corrected chi connectivity index (χ0v) is 16.7. The number of carbonyl (C=O) groups is 2. The number of primary amides is 1. The third kappa shape index (κ3) is 6.07. The van der Waals surface area contributed by atoms with E-state index in [9.17, 15) is 22.8 Å². The number of aromatic nitrogens is 1. The van der Waals surface area contributed by atoms with Crippen molar-refractivity contribution in [1.82, 2.24) is 14.8 Å². The number of piperazine rings is 1. The number of hydrogen-bond acceptors (Lipinski definition) is 6. The first-order chi connectivity index (χ1) is 14.6. The summed E-state index contributed by atoms with van der Waals surface area (Å²) in [6.07, 6.45) is -2.75. The monoisotopic (exact) mass is 438 g/mol. The fourth-order valence-electron chi connectivity index (χ4n) is 3.17. The lowest BCUT2D eigenvalue weighted by Crippen LogP contribution is -2.49. The van der Waals surface area contributed by atoms with Gasteiger partial charge in [-0.25, -0.2) is 4.79 Å². The number of pyridine rings is 1. The first-order valence-corrected chi connectivity index (χ1v) is 9.40. The van der Waals surface area contributed by atoms with Crippen molar-refractivity contribution in [3.8, 4) is 11.5 Å². The van der Waals surface area contributed by atoms with E-state index in [1.807, 2.05) is 4.90 Å². The van der Waals surface area contributed by atoms with Crippen molar-refractivity contribution in [1.29, 1.82) is 0 Å². The Kier molecular flexibility index (Phi) is 6.64. The number of nitrogens with zero attached hydrogens (tertiary/aromatic N) is 3. The quantitative estimate of drug-likeness (QED) is 0.771. The zero-order chi connectivity index (χ0) is 22.6. The summed E-state index contributed by atoms with van der Waals surface area (Å²) in [7, 11) is 0. The van der Waals surface area contributed by atoms with Gasteiger partial charge in [-0.15, -0.1) is 13.2 Å². The Bertz CT molecular complexity index is 960. The minimum Gasteiger partial charge on any atom is -0.409 e. The number of benzene rings is 1. The van der Waals surface area contributed by atoms with E-state index in [1.54, 1.807) is 13.0 Å². The normalized spacial score (nSPS) is 14.9. The molecule has 2 amide bonds. The highest BCUT2D eigenvalue weighted by Gasteiger charge is 2.32. The second-order valence-corrected chi connectivity index (χ2v) is 6.99. The number of hydrogen-bond donors (Lipinski definition) is 1. The molecular formula is C20H21F3N4O4. The summed E-state index contributed by atoms with van der Waals surface area (Å²) in [4.78, 5) is 30.9. The van der Waals surface area contributed by atoms with Gasteiger partial charge in [0.1, 0.15) is 5.75 Å². The number of rotatable bonds is 5. The average molecular weight is 438 g/mol. The van der Waals surface area contributed by atoms with Crippen LogP contribution in [0, 0.1) is 6.92 Å². The van der Waals surface area contributed by atoms with Gasteiger partial charge in [-0.1, -0.05) is 12.1 Å². The Morgan fingerprint density at radius 1 is 1.16 bits per heavy atom. The molecule has 166 valence electrons. The predicted octanol–water partition coefficient (Wildman–Crippen LogP) is 2.70. The smallest absolute Gasteiger partial charge is 0.409 e. The van der Waals surface area contributed by atoms with Gasteiger partial charge in [0.2, 0.25) is 5.91 Å². The number of carbonyl (C=O) groups excluding carboxylic acids is 2. The molecule has 8 nitrogen and oxygen atoms in total. The van der Waals surface area contributed by atoms with E-state index in [1.165, 1.54) is 35.5 Å². The fourth-order valence-corrected chi connectivity index (χ4v) is 3.17. The molecule has 0 aliphatic carbocycles. The Hall–Kier alpha value is -3.34. The molecule has 1 aromatic heterocycles. The standard InChI is InChI=1S/C20H21F3N4O4/c1-13-14(3-2-4-17(13)31-20(21,22)23)12-26-5-7-27(8-6-26)19(29)30-16-9-15(18(24)28)10-25-11-16/h2-4,9-11H,5-8,12H2,1H3,(H2,24,28). The van der Waals surface area contributed by atoms with Gasteiger partial charge < -0.3 is 20.1 Å². The molecule has 0 bridgehead atoms. The first kappa shape index (κ1) is 22.3. The maximum atomic E-state index is 12.5. The maximum absolute atomic E-state index is 12.5. The summed E-state index contributed by atoms with van der Waals surface area (Å²) in [6.45, 7) is 3.78. The molecule has 1 aliphatic heterocycles. The van der Waals surface area contributed by atoms with Crippen LogP contribution in [0.25, 0.3) is 0 Å². The lowest BCUT2D eigenvalue weighted by atomic mass is 10.1. The summed E-state index contributed by atoms with van der Waals surface area (Å²) in [6, 6.07) is 5.88. The van der Waals surface area contributed by atoms with E-state index >= 15 is 0 Å². The molecule has 2 N–H and O–H groups in total. The van der Waals surface area contributed by atoms with Crippen LogP contribution < -0.4 is 15.2 Å². The molecule has 31 heavy (non-hydrogen) atoms. The second kappa shape index (κ2) is 9.21. The molecule has 0 radical (unpaired) electrons. The van der Waals surface area contributed by atoms with Crippen LogP contribution in [0.2, 0.25) is 0 Å². The summed E-state index contributed by atoms with van der Waals surface area (Å²) < 4.78 is 46.9. The van der Waals surface area contributed by atoms with Crippen molar-refractivity contribution >= 4 is 12.0 Å². The number of alkyl halides is 3. The number of amides is 2.